The lowest BCUT2D eigenvalue weighted by Gasteiger charge is -2.22. The summed E-state index contributed by atoms with van der Waals surface area (Å²) in [6.45, 7) is 9.32. The maximum atomic E-state index is 15.3. The molecule has 5 rings (SSSR count). The Bertz CT molecular complexity index is 1640. The summed E-state index contributed by atoms with van der Waals surface area (Å²) in [6.07, 6.45) is 5.96. The molecule has 38 heavy (non-hydrogen) atoms. The summed E-state index contributed by atoms with van der Waals surface area (Å²) >= 11 is 1.32. The summed E-state index contributed by atoms with van der Waals surface area (Å²) in [6, 6.07) is 0.768. The number of fused-ring (bicyclic) bond motifs is 2. The highest BCUT2D eigenvalue weighted by atomic mass is 32.1. The molecule has 3 aromatic heterocycles. The predicted octanol–water partition coefficient (Wildman–Crippen LogP) is 5.26. The zero-order valence-corrected chi connectivity index (χ0v) is 22.0. The van der Waals surface area contributed by atoms with Crippen LogP contribution in [0.4, 0.5) is 19.4 Å². The second kappa shape index (κ2) is 9.68. The minimum Gasteiger partial charge on any atom is -0.444 e. The maximum absolute atomic E-state index is 15.3. The molecule has 0 aliphatic heterocycles. The molecule has 1 atom stereocenters. The third-order valence-electron chi connectivity index (χ3n) is 5.91. The molecule has 4 aromatic rings. The van der Waals surface area contributed by atoms with E-state index in [9.17, 15) is 9.18 Å². The number of nitrogen functional groups attached to an aromatic ring is 1. The molecule has 1 saturated carbocycles. The third-order valence-corrected chi connectivity index (χ3v) is 7.07. The summed E-state index contributed by atoms with van der Waals surface area (Å²) in [7, 11) is 0. The van der Waals surface area contributed by atoms with E-state index in [0.717, 1.165) is 17.8 Å². The third kappa shape index (κ3) is 5.17. The molecule has 11 heteroatoms. The van der Waals surface area contributed by atoms with Crippen LogP contribution in [-0.4, -0.2) is 37.3 Å². The molecule has 1 aromatic carbocycles. The number of nitrogens with one attached hydrogen (secondary N) is 1. The minimum absolute atomic E-state index is 0.134. The number of benzene rings is 1. The lowest BCUT2D eigenvalue weighted by atomic mass is 10.1. The first kappa shape index (κ1) is 25.6. The number of anilines is 1. The number of ether oxygens (including phenoxy) is 1. The average molecular weight is 537 g/mol. The Hall–Kier alpha value is -4.04. The Kier molecular flexibility index (Phi) is 6.53. The van der Waals surface area contributed by atoms with E-state index in [-0.39, 0.29) is 23.4 Å². The number of hydrogen-bond donors (Lipinski definition) is 2. The number of nitrogens with zero attached hydrogens (tertiary/aromatic N) is 4. The molecule has 0 radical (unpaired) electrons. The topological polar surface area (TPSA) is 108 Å². The van der Waals surface area contributed by atoms with Crippen molar-refractivity contribution in [2.45, 2.75) is 57.7 Å². The first-order valence-electron chi connectivity index (χ1n) is 12.1. The standard InChI is InChI=1S/C27H26F2N6O2S/c1-5-16(33-26(36)37-27(2,3)4)12-35-11-15(20-23(30)31-13-32-24(20)35)8-9-17-18(28)10-19-22(21(17)29)34-25(38-19)14-6-7-14/h5,10-11,13-14,16H,1,6-7,12H2,2-4H3,(H,33,36)(H2,30,31,32). The van der Waals surface area contributed by atoms with Gasteiger partial charge in [-0.2, -0.15) is 0 Å². The van der Waals surface area contributed by atoms with Crippen molar-refractivity contribution in [3.05, 3.63) is 59.0 Å². The zero-order valence-electron chi connectivity index (χ0n) is 21.1. The molecule has 0 spiro atoms. The number of rotatable bonds is 5. The van der Waals surface area contributed by atoms with Crippen LogP contribution >= 0.6 is 11.3 Å². The van der Waals surface area contributed by atoms with Gasteiger partial charge in [-0.25, -0.2) is 28.5 Å². The van der Waals surface area contributed by atoms with Crippen LogP contribution in [0.15, 0.2) is 31.2 Å². The molecule has 3 N–H and O–H groups in total. The van der Waals surface area contributed by atoms with Crippen molar-refractivity contribution in [1.82, 2.24) is 24.8 Å². The van der Waals surface area contributed by atoms with E-state index in [1.807, 2.05) is 0 Å². The highest BCUT2D eigenvalue weighted by Gasteiger charge is 2.28. The van der Waals surface area contributed by atoms with E-state index in [1.54, 1.807) is 37.6 Å². The van der Waals surface area contributed by atoms with Gasteiger partial charge in [-0.1, -0.05) is 17.9 Å². The van der Waals surface area contributed by atoms with Crippen LogP contribution in [0.5, 0.6) is 0 Å². The summed E-state index contributed by atoms with van der Waals surface area (Å²) in [4.78, 5) is 25.0. The molecule has 0 saturated heterocycles. The quantitative estimate of drug-likeness (QED) is 0.266. The van der Waals surface area contributed by atoms with Gasteiger partial charge >= 0.3 is 6.09 Å². The fraction of sp³-hybridized carbons (Fsp3) is 0.333. The molecular formula is C27H26F2N6O2S. The molecule has 1 unspecified atom stereocenters. The largest absolute Gasteiger partial charge is 0.444 e. The molecular weight excluding hydrogens is 510 g/mol. The number of carbonyl (C=O) groups excluding carboxylic acids is 1. The number of carbonyl (C=O) groups is 1. The maximum Gasteiger partial charge on any atom is 0.408 e. The minimum atomic E-state index is -0.781. The van der Waals surface area contributed by atoms with Gasteiger partial charge in [0.15, 0.2) is 5.82 Å². The van der Waals surface area contributed by atoms with Gasteiger partial charge < -0.3 is 20.4 Å². The van der Waals surface area contributed by atoms with Crippen molar-refractivity contribution in [3.8, 4) is 11.8 Å². The Labute approximate surface area is 221 Å². The van der Waals surface area contributed by atoms with Gasteiger partial charge in [0.2, 0.25) is 0 Å². The van der Waals surface area contributed by atoms with Gasteiger partial charge in [-0.05, 0) is 39.7 Å². The van der Waals surface area contributed by atoms with E-state index in [4.69, 9.17) is 10.5 Å². The zero-order chi connectivity index (χ0) is 27.2. The number of thiazole rings is 1. The van der Waals surface area contributed by atoms with E-state index in [2.05, 4.69) is 38.7 Å². The molecule has 196 valence electrons. The van der Waals surface area contributed by atoms with E-state index in [0.29, 0.717) is 27.2 Å². The summed E-state index contributed by atoms with van der Waals surface area (Å²) in [5, 5.41) is 4.01. The van der Waals surface area contributed by atoms with Crippen LogP contribution in [0.1, 0.15) is 55.7 Å². The highest BCUT2D eigenvalue weighted by molar-refractivity contribution is 7.18. The van der Waals surface area contributed by atoms with Crippen LogP contribution in [-0.2, 0) is 11.3 Å². The first-order valence-corrected chi connectivity index (χ1v) is 12.9. The summed E-state index contributed by atoms with van der Waals surface area (Å²) in [5.41, 5.74) is 6.07. The van der Waals surface area contributed by atoms with Crippen LogP contribution in [0.25, 0.3) is 21.3 Å². The Morgan fingerprint density at radius 2 is 2.13 bits per heavy atom. The average Bonchev–Trinajstić information content (AvgIpc) is 3.50. The second-order valence-electron chi connectivity index (χ2n) is 10.1. The number of amides is 1. The number of halogens is 2. The smallest absolute Gasteiger partial charge is 0.408 e. The summed E-state index contributed by atoms with van der Waals surface area (Å²) in [5.74, 6) is 4.44. The highest BCUT2D eigenvalue weighted by Crippen LogP contribution is 2.44. The van der Waals surface area contributed by atoms with Crippen molar-refractivity contribution in [2.24, 2.45) is 0 Å². The van der Waals surface area contributed by atoms with Gasteiger partial charge in [-0.3, -0.25) is 0 Å². The molecule has 1 fully saturated rings. The van der Waals surface area contributed by atoms with Gasteiger partial charge in [0.25, 0.3) is 0 Å². The Morgan fingerprint density at radius 1 is 1.37 bits per heavy atom. The first-order chi connectivity index (χ1) is 18.0. The van der Waals surface area contributed by atoms with E-state index >= 15 is 4.39 Å². The van der Waals surface area contributed by atoms with Gasteiger partial charge in [-0.15, -0.1) is 17.9 Å². The fourth-order valence-electron chi connectivity index (χ4n) is 4.00. The van der Waals surface area contributed by atoms with E-state index in [1.165, 1.54) is 23.7 Å². The van der Waals surface area contributed by atoms with Gasteiger partial charge in [0.05, 0.1) is 32.3 Å². The van der Waals surface area contributed by atoms with Crippen LogP contribution in [0.2, 0.25) is 0 Å². The molecule has 8 nitrogen and oxygen atoms in total. The van der Waals surface area contributed by atoms with Crippen LogP contribution < -0.4 is 11.1 Å². The predicted molar refractivity (Wildman–Crippen MR) is 143 cm³/mol. The van der Waals surface area contributed by atoms with Crippen molar-refractivity contribution < 1.29 is 18.3 Å². The molecule has 1 aliphatic carbocycles. The molecule has 1 aliphatic rings. The molecule has 1 amide bonds. The number of aromatic nitrogens is 4. The van der Waals surface area contributed by atoms with E-state index < -0.39 is 29.4 Å². The van der Waals surface area contributed by atoms with Crippen LogP contribution in [0.3, 0.4) is 0 Å². The number of hydrogen-bond acceptors (Lipinski definition) is 7. The Balaban J connectivity index is 1.49. The fourth-order valence-corrected chi connectivity index (χ4v) is 5.15. The normalized spacial score (nSPS) is 14.2. The second-order valence-corrected chi connectivity index (χ2v) is 11.2. The lowest BCUT2D eigenvalue weighted by molar-refractivity contribution is 0.0511. The van der Waals surface area contributed by atoms with Crippen molar-refractivity contribution >= 4 is 44.5 Å². The molecule has 0 bridgehead atoms. The van der Waals surface area contributed by atoms with Crippen molar-refractivity contribution in [3.63, 3.8) is 0 Å². The lowest BCUT2D eigenvalue weighted by Crippen LogP contribution is -2.40. The Morgan fingerprint density at radius 3 is 2.82 bits per heavy atom. The van der Waals surface area contributed by atoms with Crippen molar-refractivity contribution in [1.29, 1.82) is 0 Å². The monoisotopic (exact) mass is 536 g/mol. The number of alkyl carbamates (subject to hydrolysis) is 1. The summed E-state index contributed by atoms with van der Waals surface area (Å²) < 4.78 is 37.7. The van der Waals surface area contributed by atoms with Gasteiger partial charge in [0.1, 0.15) is 34.7 Å². The van der Waals surface area contributed by atoms with Crippen LogP contribution in [0, 0.1) is 23.5 Å². The van der Waals surface area contributed by atoms with Crippen molar-refractivity contribution in [2.75, 3.05) is 5.73 Å². The number of nitrogens with two attached hydrogens (primary N) is 1. The van der Waals surface area contributed by atoms with Gasteiger partial charge in [0, 0.05) is 18.7 Å². The SMILES string of the molecule is C=CC(Cn1cc(C#Cc2c(F)cc3sc(C4CC4)nc3c2F)c2c(N)ncnc21)NC(=O)OC(C)(C)C. The molecule has 3 heterocycles.